The molecule has 134 valence electrons. The van der Waals surface area contributed by atoms with E-state index in [9.17, 15) is 13.2 Å². The predicted octanol–water partition coefficient (Wildman–Crippen LogP) is 2.93. The number of likely N-dealkylation sites (tertiary alicyclic amines) is 1. The van der Waals surface area contributed by atoms with Gasteiger partial charge in [0.1, 0.15) is 4.90 Å². The number of sulfonamides is 1. The van der Waals surface area contributed by atoms with Crippen molar-refractivity contribution in [1.82, 2.24) is 9.37 Å². The molecule has 1 unspecified atom stereocenters. The van der Waals surface area contributed by atoms with Crippen LogP contribution in [0.3, 0.4) is 0 Å². The molecule has 1 saturated heterocycles. The van der Waals surface area contributed by atoms with Crippen LogP contribution in [0.2, 0.25) is 5.02 Å². The second-order valence-electron chi connectivity index (χ2n) is 5.80. The van der Waals surface area contributed by atoms with Crippen LogP contribution in [0.1, 0.15) is 43.0 Å². The molecule has 1 aliphatic heterocycles. The van der Waals surface area contributed by atoms with E-state index in [-0.39, 0.29) is 21.9 Å². The van der Waals surface area contributed by atoms with Crippen molar-refractivity contribution in [3.05, 3.63) is 28.8 Å². The fraction of sp³-hybridized carbons (Fsp3) is 0.562. The monoisotopic (exact) mass is 374 g/mol. The second kappa shape index (κ2) is 7.82. The van der Waals surface area contributed by atoms with E-state index in [1.807, 2.05) is 4.90 Å². The fourth-order valence-corrected chi connectivity index (χ4v) is 4.40. The molecule has 0 aliphatic carbocycles. The van der Waals surface area contributed by atoms with E-state index in [1.165, 1.54) is 26.3 Å². The van der Waals surface area contributed by atoms with Gasteiger partial charge in [-0.2, -0.15) is 0 Å². The number of nitrogens with zero attached hydrogens (tertiary/aromatic N) is 2. The lowest BCUT2D eigenvalue weighted by Gasteiger charge is -2.35. The summed E-state index contributed by atoms with van der Waals surface area (Å²) in [6, 6.07) is 4.54. The Morgan fingerprint density at radius 3 is 2.75 bits per heavy atom. The smallest absolute Gasteiger partial charge is 0.266 e. The Labute approximate surface area is 148 Å². The molecule has 1 aliphatic rings. The molecule has 1 amide bonds. The number of rotatable bonds is 5. The van der Waals surface area contributed by atoms with Gasteiger partial charge in [-0.1, -0.05) is 23.0 Å². The summed E-state index contributed by atoms with van der Waals surface area (Å²) < 4.78 is 25.6. The van der Waals surface area contributed by atoms with Gasteiger partial charge in [-0.15, -0.1) is 0 Å². The van der Waals surface area contributed by atoms with Gasteiger partial charge < -0.3 is 4.90 Å². The van der Waals surface area contributed by atoms with E-state index in [1.54, 1.807) is 6.07 Å². The predicted molar refractivity (Wildman–Crippen MR) is 92.4 cm³/mol. The first-order valence-corrected chi connectivity index (χ1v) is 9.78. The van der Waals surface area contributed by atoms with Crippen LogP contribution < -0.4 is 0 Å². The van der Waals surface area contributed by atoms with Crippen molar-refractivity contribution in [2.45, 2.75) is 43.5 Å². The normalized spacial score (nSPS) is 18.9. The number of amides is 1. The van der Waals surface area contributed by atoms with E-state index < -0.39 is 10.0 Å². The highest BCUT2D eigenvalue weighted by atomic mass is 35.5. The summed E-state index contributed by atoms with van der Waals surface area (Å²) in [6.07, 6.45) is 3.94. The summed E-state index contributed by atoms with van der Waals surface area (Å²) in [5.74, 6) is -0.158. The van der Waals surface area contributed by atoms with E-state index in [2.05, 4.69) is 6.92 Å². The minimum absolute atomic E-state index is 0.0566. The van der Waals surface area contributed by atoms with Gasteiger partial charge in [0, 0.05) is 25.2 Å². The van der Waals surface area contributed by atoms with Crippen LogP contribution in [-0.4, -0.2) is 50.4 Å². The molecule has 1 fully saturated rings. The zero-order valence-electron chi connectivity index (χ0n) is 14.2. The molecular formula is C16H23ClN2O4S. The molecule has 0 N–H and O–H groups in total. The quantitative estimate of drug-likeness (QED) is 0.743. The average Bonchev–Trinajstić information content (AvgIpc) is 2.60. The van der Waals surface area contributed by atoms with Crippen LogP contribution in [0.4, 0.5) is 0 Å². The summed E-state index contributed by atoms with van der Waals surface area (Å²) in [5, 5.41) is 0.0566. The van der Waals surface area contributed by atoms with Gasteiger partial charge in [-0.3, -0.25) is 9.63 Å². The van der Waals surface area contributed by atoms with E-state index in [0.29, 0.717) is 12.1 Å². The number of hydroxylamine groups is 1. The van der Waals surface area contributed by atoms with Crippen molar-refractivity contribution in [3.63, 3.8) is 0 Å². The van der Waals surface area contributed by atoms with Crippen molar-refractivity contribution < 1.29 is 18.0 Å². The van der Waals surface area contributed by atoms with Gasteiger partial charge in [0.2, 0.25) is 0 Å². The van der Waals surface area contributed by atoms with Gasteiger partial charge in [-0.25, -0.2) is 8.42 Å². The third kappa shape index (κ3) is 3.74. The molecule has 0 radical (unpaired) electrons. The van der Waals surface area contributed by atoms with Gasteiger partial charge in [0.05, 0.1) is 12.1 Å². The van der Waals surface area contributed by atoms with Crippen molar-refractivity contribution in [1.29, 1.82) is 0 Å². The number of carbonyl (C=O) groups excluding carboxylic acids is 1. The third-order valence-electron chi connectivity index (χ3n) is 4.41. The summed E-state index contributed by atoms with van der Waals surface area (Å²) in [6.45, 7) is 2.75. The molecule has 0 saturated carbocycles. The number of carbonyl (C=O) groups is 1. The standard InChI is InChI=1S/C16H23ClN2O4S/c1-4-13-7-5-6-10-19(13)16(20)12-8-9-14(17)15(11-12)24(21,22)18(2)23-3/h8-9,11,13H,4-7,10H2,1-3H3. The van der Waals surface area contributed by atoms with Crippen LogP contribution in [-0.2, 0) is 14.9 Å². The maximum atomic E-state index is 12.8. The molecule has 0 bridgehead atoms. The first kappa shape index (κ1) is 19.2. The summed E-state index contributed by atoms with van der Waals surface area (Å²) >= 11 is 6.04. The van der Waals surface area contributed by atoms with Crippen LogP contribution in [0, 0.1) is 0 Å². The Kier molecular flexibility index (Phi) is 6.25. The SMILES string of the molecule is CCC1CCCCN1C(=O)c1ccc(Cl)c(S(=O)(=O)N(C)OC)c1. The Hall–Kier alpha value is -1.15. The van der Waals surface area contributed by atoms with E-state index in [0.717, 1.165) is 30.2 Å². The number of hydrogen-bond donors (Lipinski definition) is 0. The van der Waals surface area contributed by atoms with Crippen molar-refractivity contribution in [2.75, 3.05) is 20.7 Å². The van der Waals surface area contributed by atoms with Crippen molar-refractivity contribution >= 4 is 27.5 Å². The molecule has 6 nitrogen and oxygen atoms in total. The number of hydrogen-bond acceptors (Lipinski definition) is 4. The molecule has 1 aromatic carbocycles. The van der Waals surface area contributed by atoms with E-state index >= 15 is 0 Å². The van der Waals surface area contributed by atoms with Crippen molar-refractivity contribution in [2.24, 2.45) is 0 Å². The lowest BCUT2D eigenvalue weighted by atomic mass is 9.99. The van der Waals surface area contributed by atoms with E-state index in [4.69, 9.17) is 16.4 Å². The van der Waals surface area contributed by atoms with Gasteiger partial charge in [0.25, 0.3) is 15.9 Å². The van der Waals surface area contributed by atoms with Crippen LogP contribution in [0.25, 0.3) is 0 Å². The maximum Gasteiger partial charge on any atom is 0.266 e. The van der Waals surface area contributed by atoms with Crippen LogP contribution >= 0.6 is 11.6 Å². The Balaban J connectivity index is 2.39. The number of piperidine rings is 1. The largest absolute Gasteiger partial charge is 0.336 e. The van der Waals surface area contributed by atoms with Crippen LogP contribution in [0.15, 0.2) is 23.1 Å². The Bertz CT molecular complexity index is 708. The highest BCUT2D eigenvalue weighted by Crippen LogP contribution is 2.27. The molecular weight excluding hydrogens is 352 g/mol. The van der Waals surface area contributed by atoms with Gasteiger partial charge in [0.15, 0.2) is 0 Å². The molecule has 24 heavy (non-hydrogen) atoms. The summed E-state index contributed by atoms with van der Waals surface area (Å²) in [4.78, 5) is 19.3. The first-order chi connectivity index (χ1) is 11.3. The average molecular weight is 375 g/mol. The number of benzene rings is 1. The number of halogens is 1. The zero-order valence-corrected chi connectivity index (χ0v) is 15.7. The maximum absolute atomic E-state index is 12.8. The Morgan fingerprint density at radius 2 is 2.12 bits per heavy atom. The second-order valence-corrected chi connectivity index (χ2v) is 8.11. The highest BCUT2D eigenvalue weighted by molar-refractivity contribution is 7.89. The molecule has 1 heterocycles. The Morgan fingerprint density at radius 1 is 1.42 bits per heavy atom. The summed E-state index contributed by atoms with van der Waals surface area (Å²) in [7, 11) is -1.39. The lowest BCUT2D eigenvalue weighted by Crippen LogP contribution is -2.43. The molecule has 0 aromatic heterocycles. The van der Waals surface area contributed by atoms with Gasteiger partial charge >= 0.3 is 0 Å². The zero-order chi connectivity index (χ0) is 17.9. The molecule has 8 heteroatoms. The molecule has 1 aromatic rings. The molecule has 1 atom stereocenters. The third-order valence-corrected chi connectivity index (χ3v) is 6.57. The first-order valence-electron chi connectivity index (χ1n) is 7.96. The van der Waals surface area contributed by atoms with Gasteiger partial charge in [-0.05, 0) is 43.9 Å². The molecule has 0 spiro atoms. The summed E-state index contributed by atoms with van der Waals surface area (Å²) in [5.41, 5.74) is 0.322. The lowest BCUT2D eigenvalue weighted by molar-refractivity contribution is -0.0258. The van der Waals surface area contributed by atoms with Crippen LogP contribution in [0.5, 0.6) is 0 Å². The topological polar surface area (TPSA) is 66.9 Å². The van der Waals surface area contributed by atoms with Crippen molar-refractivity contribution in [3.8, 4) is 0 Å². The fourth-order valence-electron chi connectivity index (χ4n) is 2.93. The molecule has 2 rings (SSSR count). The minimum Gasteiger partial charge on any atom is -0.336 e. The minimum atomic E-state index is -3.92. The highest BCUT2D eigenvalue weighted by Gasteiger charge is 2.29.